The van der Waals surface area contributed by atoms with Crippen LogP contribution in [0.3, 0.4) is 0 Å². The lowest BCUT2D eigenvalue weighted by atomic mass is 10.1. The zero-order valence-electron chi connectivity index (χ0n) is 8.72. The Balaban J connectivity index is 5.15. The van der Waals surface area contributed by atoms with Gasteiger partial charge in [-0.15, -0.1) is 0 Å². The smallest absolute Gasteiger partial charge is 0.321 e. The topological polar surface area (TPSA) is 118 Å². The summed E-state index contributed by atoms with van der Waals surface area (Å²) < 4.78 is 0. The largest absolute Gasteiger partial charge is 0.867 e. The van der Waals surface area contributed by atoms with Crippen LogP contribution in [0.1, 0.15) is 13.8 Å². The third kappa shape index (κ3) is 3.95. The maximum absolute atomic E-state index is 11.1. The van der Waals surface area contributed by atoms with Gasteiger partial charge in [-0.05, 0) is 23.5 Å². The third-order valence-electron chi connectivity index (χ3n) is 1.64. The highest BCUT2D eigenvalue weighted by Gasteiger charge is 2.05. The summed E-state index contributed by atoms with van der Waals surface area (Å²) in [4.78, 5) is 31.8. The van der Waals surface area contributed by atoms with Gasteiger partial charge in [-0.1, -0.05) is 13.8 Å². The highest BCUT2D eigenvalue weighted by Crippen LogP contribution is 2.03. The van der Waals surface area contributed by atoms with Crippen LogP contribution in [0.15, 0.2) is 23.5 Å². The average Bonchev–Trinajstić information content (AvgIpc) is 2.16. The van der Waals surface area contributed by atoms with Gasteiger partial charge in [0.1, 0.15) is 0 Å². The van der Waals surface area contributed by atoms with Crippen LogP contribution in [0.4, 0.5) is 0 Å². The second-order valence-corrected chi connectivity index (χ2v) is 3.23. The Kier molecular flexibility index (Phi) is 4.94. The van der Waals surface area contributed by atoms with Gasteiger partial charge in [-0.25, -0.2) is 4.79 Å². The van der Waals surface area contributed by atoms with Crippen molar-refractivity contribution in [3.63, 3.8) is 0 Å². The van der Waals surface area contributed by atoms with Crippen molar-refractivity contribution < 1.29 is 29.7 Å². The molecule has 0 rings (SSSR count). The number of ketones is 1. The first-order chi connectivity index (χ1) is 7.27. The van der Waals surface area contributed by atoms with Crippen molar-refractivity contribution >= 4 is 17.7 Å². The van der Waals surface area contributed by atoms with E-state index in [1.54, 1.807) is 13.8 Å². The normalized spacial score (nSPS) is 12.7. The fourth-order valence-corrected chi connectivity index (χ4v) is 0.710. The van der Waals surface area contributed by atoms with Crippen molar-refractivity contribution in [1.29, 1.82) is 0 Å². The number of hydrogen-bond acceptors (Lipinski definition) is 5. The highest BCUT2D eigenvalue weighted by molar-refractivity contribution is 6.00. The summed E-state index contributed by atoms with van der Waals surface area (Å²) in [6, 6.07) is 0. The molecule has 0 aromatic heterocycles. The molecule has 0 aliphatic carbocycles. The van der Waals surface area contributed by atoms with E-state index in [-0.39, 0.29) is 5.92 Å². The molecule has 0 saturated heterocycles. The maximum Gasteiger partial charge on any atom is 0.321 e. The minimum atomic E-state index is -1.93. The van der Waals surface area contributed by atoms with E-state index in [9.17, 15) is 24.6 Å². The Morgan fingerprint density at radius 1 is 1.12 bits per heavy atom. The molecule has 0 heterocycles. The minimum absolute atomic E-state index is 0.376. The van der Waals surface area contributed by atoms with Gasteiger partial charge in [-0.3, -0.25) is 4.79 Å². The molecule has 0 spiro atoms. The zero-order chi connectivity index (χ0) is 12.9. The quantitative estimate of drug-likeness (QED) is 0.336. The molecule has 0 amide bonds. The monoisotopic (exact) mass is 226 g/mol. The molecule has 0 atom stereocenters. The number of rotatable bonds is 5. The van der Waals surface area contributed by atoms with Crippen molar-refractivity contribution in [3.8, 4) is 0 Å². The van der Waals surface area contributed by atoms with Crippen LogP contribution in [0.25, 0.3) is 0 Å². The SMILES string of the molecule is CC(C)C(=O)/C=C/C(C(=O)[O-])=C(\[O-])C(=O)O. The number of carboxylic acids is 2. The third-order valence-corrected chi connectivity index (χ3v) is 1.64. The van der Waals surface area contributed by atoms with Crippen LogP contribution >= 0.6 is 0 Å². The van der Waals surface area contributed by atoms with Gasteiger partial charge in [-0.2, -0.15) is 0 Å². The second kappa shape index (κ2) is 5.69. The van der Waals surface area contributed by atoms with Crippen LogP contribution < -0.4 is 10.2 Å². The maximum atomic E-state index is 11.1. The molecular formula is C10H10O6-2. The Hall–Kier alpha value is -2.11. The number of carbonyl (C=O) groups is 3. The summed E-state index contributed by atoms with van der Waals surface area (Å²) in [6.07, 6.45) is 1.49. The molecule has 88 valence electrons. The highest BCUT2D eigenvalue weighted by atomic mass is 16.4. The first-order valence-electron chi connectivity index (χ1n) is 4.35. The Labute approximate surface area is 91.5 Å². The molecule has 6 heteroatoms. The van der Waals surface area contributed by atoms with Gasteiger partial charge >= 0.3 is 5.97 Å². The average molecular weight is 226 g/mol. The number of carbonyl (C=O) groups excluding carboxylic acids is 2. The first-order valence-corrected chi connectivity index (χ1v) is 4.35. The lowest BCUT2D eigenvalue weighted by Gasteiger charge is -2.13. The summed E-state index contributed by atoms with van der Waals surface area (Å²) in [5, 5.41) is 29.6. The molecule has 0 aromatic carbocycles. The van der Waals surface area contributed by atoms with E-state index in [4.69, 9.17) is 5.11 Å². The minimum Gasteiger partial charge on any atom is -0.867 e. The lowest BCUT2D eigenvalue weighted by molar-refractivity contribution is -0.313. The predicted octanol–water partition coefficient (Wildman–Crippen LogP) is -1.78. The standard InChI is InChI=1S/C10H12O6/c1-5(2)7(11)4-3-6(9(13)14)8(12)10(15)16/h3-5,12H,1-2H3,(H,13,14)(H,15,16)/p-2/b4-3+,8-6+. The van der Waals surface area contributed by atoms with Gasteiger partial charge in [0, 0.05) is 5.92 Å². The van der Waals surface area contributed by atoms with E-state index in [1.165, 1.54) is 0 Å². The van der Waals surface area contributed by atoms with Crippen LogP contribution in [-0.2, 0) is 14.4 Å². The summed E-state index contributed by atoms with van der Waals surface area (Å²) in [5.74, 6) is -6.26. The summed E-state index contributed by atoms with van der Waals surface area (Å²) in [7, 11) is 0. The van der Waals surface area contributed by atoms with Crippen LogP contribution in [0, 0.1) is 5.92 Å². The van der Waals surface area contributed by atoms with E-state index in [1.807, 2.05) is 0 Å². The molecule has 0 radical (unpaired) electrons. The van der Waals surface area contributed by atoms with Crippen molar-refractivity contribution in [3.05, 3.63) is 23.5 Å². The molecule has 0 aromatic rings. The molecule has 0 bridgehead atoms. The number of aliphatic carboxylic acids is 2. The number of carboxylic acid groups (broad SMARTS) is 2. The second-order valence-electron chi connectivity index (χ2n) is 3.23. The lowest BCUT2D eigenvalue weighted by Crippen LogP contribution is -2.29. The van der Waals surface area contributed by atoms with Crippen molar-refractivity contribution in [1.82, 2.24) is 0 Å². The van der Waals surface area contributed by atoms with Crippen LogP contribution in [0.5, 0.6) is 0 Å². The van der Waals surface area contributed by atoms with Gasteiger partial charge in [0.2, 0.25) is 0 Å². The summed E-state index contributed by atoms with van der Waals surface area (Å²) >= 11 is 0. The number of hydrogen-bond donors (Lipinski definition) is 1. The van der Waals surface area contributed by atoms with Gasteiger partial charge < -0.3 is 20.1 Å². The first kappa shape index (κ1) is 13.9. The van der Waals surface area contributed by atoms with E-state index >= 15 is 0 Å². The van der Waals surface area contributed by atoms with Gasteiger partial charge in [0.05, 0.1) is 5.97 Å². The molecule has 6 nitrogen and oxygen atoms in total. The summed E-state index contributed by atoms with van der Waals surface area (Å²) in [5.41, 5.74) is -1.05. The molecule has 0 aliphatic rings. The molecule has 0 unspecified atom stereocenters. The van der Waals surface area contributed by atoms with Crippen molar-refractivity contribution in [2.24, 2.45) is 5.92 Å². The number of allylic oxidation sites excluding steroid dienone is 1. The van der Waals surface area contributed by atoms with Crippen molar-refractivity contribution in [2.75, 3.05) is 0 Å². The predicted molar refractivity (Wildman–Crippen MR) is 48.7 cm³/mol. The fraction of sp³-hybridized carbons (Fsp3) is 0.300. The Morgan fingerprint density at radius 2 is 1.62 bits per heavy atom. The molecule has 0 aliphatic heterocycles. The fourth-order valence-electron chi connectivity index (χ4n) is 0.710. The Bertz CT molecular complexity index is 375. The van der Waals surface area contributed by atoms with Crippen molar-refractivity contribution in [2.45, 2.75) is 13.8 Å². The van der Waals surface area contributed by atoms with E-state index in [0.29, 0.717) is 6.08 Å². The molecular weight excluding hydrogens is 216 g/mol. The van der Waals surface area contributed by atoms with Crippen LogP contribution in [-0.4, -0.2) is 22.8 Å². The zero-order valence-corrected chi connectivity index (χ0v) is 8.72. The summed E-state index contributed by atoms with van der Waals surface area (Å²) in [6.45, 7) is 3.15. The molecule has 0 saturated carbocycles. The van der Waals surface area contributed by atoms with E-state index in [2.05, 4.69) is 0 Å². The van der Waals surface area contributed by atoms with E-state index < -0.39 is 29.1 Å². The van der Waals surface area contributed by atoms with E-state index in [0.717, 1.165) is 6.08 Å². The molecule has 1 N–H and O–H groups in total. The van der Waals surface area contributed by atoms with Crippen LogP contribution in [0.2, 0.25) is 0 Å². The molecule has 0 fully saturated rings. The Morgan fingerprint density at radius 3 is 1.94 bits per heavy atom. The van der Waals surface area contributed by atoms with Gasteiger partial charge in [0.15, 0.2) is 5.78 Å². The van der Waals surface area contributed by atoms with Gasteiger partial charge in [0.25, 0.3) is 0 Å². The molecule has 16 heavy (non-hydrogen) atoms.